The second-order valence-electron chi connectivity index (χ2n) is 0. The molecule has 0 unspecified atom stereocenters. The van der Waals surface area contributed by atoms with Gasteiger partial charge in [-0.1, -0.05) is 0 Å². The van der Waals surface area contributed by atoms with E-state index in [1.54, 1.807) is 0 Å². The standard InChI is InChI=1S/CH3.16Y/h1H3;;;;;;;;;;;;;;;;/q-1;;;;;;;;;;;;;;;;. The second kappa shape index (κ2) is 115. The monoisotopic (exact) mass is 1440 g/mol. The molecule has 0 amide bonds. The Kier molecular flexibility index (Phi) is 853. The van der Waals surface area contributed by atoms with Crippen LogP contribution in [0.1, 0.15) is 0 Å². The summed E-state index contributed by atoms with van der Waals surface area (Å²) in [6.07, 6.45) is 0. The first-order valence-corrected chi connectivity index (χ1v) is 0. The van der Waals surface area contributed by atoms with E-state index in [4.69, 9.17) is 0 Å². The molecule has 0 fully saturated rings. The van der Waals surface area contributed by atoms with Gasteiger partial charge in [0.2, 0.25) is 0 Å². The van der Waals surface area contributed by atoms with Crippen LogP contribution in [0.2, 0.25) is 0 Å². The van der Waals surface area contributed by atoms with Crippen LogP contribution in [0.5, 0.6) is 0 Å². The van der Waals surface area contributed by atoms with Crippen molar-refractivity contribution in [1.82, 2.24) is 0 Å². The van der Waals surface area contributed by atoms with Gasteiger partial charge in [0.1, 0.15) is 0 Å². The van der Waals surface area contributed by atoms with Gasteiger partial charge in [0.25, 0.3) is 0 Å². The van der Waals surface area contributed by atoms with Crippen LogP contribution < -0.4 is 0 Å². The largest absolute Gasteiger partial charge is 0.358 e. The molecule has 0 saturated carbocycles. The maximum absolute atomic E-state index is 0. The second-order valence-corrected chi connectivity index (χ2v) is 0. The fourth-order valence-electron chi connectivity index (χ4n) is 0. The van der Waals surface area contributed by atoms with Crippen molar-refractivity contribution >= 4 is 0 Å². The molecule has 16 radical (unpaired) electrons. The summed E-state index contributed by atoms with van der Waals surface area (Å²) in [7, 11) is 0. The van der Waals surface area contributed by atoms with Gasteiger partial charge in [0.15, 0.2) is 0 Å². The van der Waals surface area contributed by atoms with Gasteiger partial charge in [-0.3, -0.25) is 0 Å². The van der Waals surface area contributed by atoms with Gasteiger partial charge >= 0.3 is 0 Å². The van der Waals surface area contributed by atoms with E-state index < -0.39 is 0 Å². The first kappa shape index (κ1) is 126. The first-order chi connectivity index (χ1) is 0. The van der Waals surface area contributed by atoms with Gasteiger partial charge in [0, 0.05) is 523 Å². The van der Waals surface area contributed by atoms with Gasteiger partial charge in [0.05, 0.1) is 0 Å². The minimum absolute atomic E-state index is 0. The van der Waals surface area contributed by atoms with E-state index in [1.807, 2.05) is 0 Å². The van der Waals surface area contributed by atoms with Crippen molar-refractivity contribution in [2.45, 2.75) is 0 Å². The molecule has 0 aliphatic carbocycles. The molecule has 0 aromatic carbocycles. The van der Waals surface area contributed by atoms with Crippen LogP contribution in [0.25, 0.3) is 0 Å². The van der Waals surface area contributed by atoms with Gasteiger partial charge in [-0.25, -0.2) is 0 Å². The predicted molar refractivity (Wildman–Crippen MR) is 6.41 cm³/mol. The molecule has 0 N–H and O–H groups in total. The zero-order chi connectivity index (χ0) is 0. The maximum atomic E-state index is 0. The van der Waals surface area contributed by atoms with Crippen molar-refractivity contribution in [3.8, 4) is 0 Å². The summed E-state index contributed by atoms with van der Waals surface area (Å²) in [5.41, 5.74) is 0. The number of hydrogen-bond donors (Lipinski definition) is 0. The fraction of sp³-hybridized carbons (Fsp3) is 0. The van der Waals surface area contributed by atoms with Crippen LogP contribution in [0.4, 0.5) is 0 Å². The average Bonchev–Trinajstić information content (AvgIpc) is 0. The van der Waals surface area contributed by atoms with Gasteiger partial charge in [-0.05, 0) is 0 Å². The Morgan fingerprint density at radius 1 is 0.118 bits per heavy atom. The van der Waals surface area contributed by atoms with Crippen LogP contribution >= 0.6 is 0 Å². The summed E-state index contributed by atoms with van der Waals surface area (Å²) >= 11 is 0. The molecule has 0 aliphatic rings. The minimum Gasteiger partial charge on any atom is -0.358 e. The summed E-state index contributed by atoms with van der Waals surface area (Å²) in [5.74, 6) is 0. The molecular formula is CH3Y16-. The summed E-state index contributed by atoms with van der Waals surface area (Å²) in [6, 6.07) is 0. The van der Waals surface area contributed by atoms with E-state index in [1.165, 1.54) is 0 Å². The zero-order valence-corrected chi connectivity index (χ0v) is 55.7. The third kappa shape index (κ3) is 108. The molecule has 0 aliphatic heterocycles. The molecule has 0 atom stereocenters. The molecule has 0 aromatic rings. The number of rotatable bonds is 0. The zero-order valence-electron chi connectivity index (χ0n) is 10.2. The molecule has 17 heavy (non-hydrogen) atoms. The van der Waals surface area contributed by atoms with Crippen molar-refractivity contribution in [3.63, 3.8) is 0 Å². The van der Waals surface area contributed by atoms with Crippen LogP contribution in [-0.2, 0) is 523 Å². The first-order valence-electron chi connectivity index (χ1n) is 0. The third-order valence-corrected chi connectivity index (χ3v) is 0. The van der Waals surface area contributed by atoms with Gasteiger partial charge < -0.3 is 7.43 Å². The Labute approximate surface area is 511 Å². The van der Waals surface area contributed by atoms with E-state index in [0.29, 0.717) is 0 Å². The molecule has 0 spiro atoms. The van der Waals surface area contributed by atoms with Crippen LogP contribution in [0.15, 0.2) is 0 Å². The minimum atomic E-state index is 0. The Morgan fingerprint density at radius 2 is 0.118 bits per heavy atom. The smallest absolute Gasteiger partial charge is 0 e. The topological polar surface area (TPSA) is 0 Å². The molecule has 0 aromatic heterocycles. The van der Waals surface area contributed by atoms with Crippen LogP contribution in [0, 0.1) is 7.43 Å². The van der Waals surface area contributed by atoms with E-state index in [0.717, 1.165) is 0 Å². The summed E-state index contributed by atoms with van der Waals surface area (Å²) in [5, 5.41) is 0. The summed E-state index contributed by atoms with van der Waals surface area (Å²) in [4.78, 5) is 0. The van der Waals surface area contributed by atoms with Gasteiger partial charge in [-0.15, -0.1) is 0 Å². The predicted octanol–water partition coefficient (Wildman–Crippen LogP) is 0.410. The van der Waals surface area contributed by atoms with E-state index in [-0.39, 0.29) is 531 Å². The SMILES string of the molecule is [CH3-].[Y].[Y].[Y].[Y].[Y].[Y].[Y].[Y].[Y].[Y].[Y].[Y].[Y].[Y].[Y].[Y]. The molecule has 16 heteroatoms. The quantitative estimate of drug-likeness (QED) is 0.309. The molecule has 0 bridgehead atoms. The van der Waals surface area contributed by atoms with Crippen molar-refractivity contribution in [2.24, 2.45) is 0 Å². The van der Waals surface area contributed by atoms with E-state index in [9.17, 15) is 0 Å². The fourth-order valence-corrected chi connectivity index (χ4v) is 0. The normalized spacial score (nSPS) is 0. The summed E-state index contributed by atoms with van der Waals surface area (Å²) < 4.78 is 0. The van der Waals surface area contributed by atoms with Crippen molar-refractivity contribution in [3.05, 3.63) is 7.43 Å². The van der Waals surface area contributed by atoms with Crippen LogP contribution in [-0.4, -0.2) is 0 Å². The van der Waals surface area contributed by atoms with E-state index in [2.05, 4.69) is 0 Å². The Hall–Kier alpha value is 17.7. The van der Waals surface area contributed by atoms with Crippen molar-refractivity contribution < 1.29 is 523 Å². The summed E-state index contributed by atoms with van der Waals surface area (Å²) in [6.45, 7) is 0. The van der Waals surface area contributed by atoms with Crippen LogP contribution in [0.3, 0.4) is 0 Å². The molecule has 0 nitrogen and oxygen atoms in total. The Morgan fingerprint density at radius 3 is 0.118 bits per heavy atom. The Balaban J connectivity index is 0. The molecule has 0 saturated heterocycles. The molecule has 0 heterocycles. The van der Waals surface area contributed by atoms with Crippen molar-refractivity contribution in [1.29, 1.82) is 0 Å². The number of hydrogen-bond acceptors (Lipinski definition) is 0. The maximum Gasteiger partial charge on any atom is 0 e. The third-order valence-electron chi connectivity index (χ3n) is 0. The molecule has 56 valence electrons. The molecular weight excluding hydrogens is 1430 g/mol. The van der Waals surface area contributed by atoms with E-state index >= 15 is 0 Å². The van der Waals surface area contributed by atoms with Crippen molar-refractivity contribution in [2.75, 3.05) is 0 Å². The Bertz CT molecular complexity index is 5.49. The van der Waals surface area contributed by atoms with Gasteiger partial charge in [-0.2, -0.15) is 0 Å². The average molecular weight is 1440 g/mol. The molecule has 0 rings (SSSR count).